The fourth-order valence-electron chi connectivity index (χ4n) is 2.29. The fourth-order valence-corrected chi connectivity index (χ4v) is 2.94. The summed E-state index contributed by atoms with van der Waals surface area (Å²) in [5.74, 6) is 0.767. The Bertz CT molecular complexity index is 489. The number of hydrogen-bond acceptors (Lipinski definition) is 3. The molecular weight excluding hydrogens is 228 g/mol. The smallest absolute Gasteiger partial charge is 0.0794 e. The Morgan fingerprint density at radius 1 is 1.35 bits per heavy atom. The molecule has 2 nitrogen and oxygen atoms in total. The van der Waals surface area contributed by atoms with Crippen molar-refractivity contribution in [3.8, 4) is 0 Å². The summed E-state index contributed by atoms with van der Waals surface area (Å²) in [5.41, 5.74) is 10.8. The van der Waals surface area contributed by atoms with E-state index >= 15 is 0 Å². The third kappa shape index (κ3) is 2.13. The minimum Gasteiger partial charge on any atom is -0.320 e. The van der Waals surface area contributed by atoms with Gasteiger partial charge in [0.25, 0.3) is 0 Å². The molecule has 1 aliphatic carbocycles. The van der Waals surface area contributed by atoms with Crippen LogP contribution in [0.15, 0.2) is 36.0 Å². The van der Waals surface area contributed by atoms with Crippen LogP contribution in [0.5, 0.6) is 0 Å². The molecule has 1 unspecified atom stereocenters. The molecule has 3 heteroatoms. The number of hydrogen-bond donors (Lipinski definition) is 1. The Hall–Kier alpha value is -1.19. The monoisotopic (exact) mass is 244 g/mol. The molecule has 1 fully saturated rings. The van der Waals surface area contributed by atoms with E-state index in [0.29, 0.717) is 0 Å². The van der Waals surface area contributed by atoms with Crippen LogP contribution < -0.4 is 5.73 Å². The van der Waals surface area contributed by atoms with Crippen LogP contribution in [-0.2, 0) is 0 Å². The molecule has 2 aromatic rings. The van der Waals surface area contributed by atoms with Crippen molar-refractivity contribution >= 4 is 11.3 Å². The summed E-state index contributed by atoms with van der Waals surface area (Å²) in [4.78, 5) is 5.23. The second kappa shape index (κ2) is 4.59. The summed E-state index contributed by atoms with van der Waals surface area (Å²) in [5, 5.41) is 0. The summed E-state index contributed by atoms with van der Waals surface area (Å²) < 4.78 is 0. The van der Waals surface area contributed by atoms with E-state index in [0.717, 1.165) is 10.8 Å². The lowest BCUT2D eigenvalue weighted by molar-refractivity contribution is 0.419. The van der Waals surface area contributed by atoms with Crippen molar-refractivity contribution in [3.05, 3.63) is 52.0 Å². The van der Waals surface area contributed by atoms with Crippen LogP contribution in [0.25, 0.3) is 0 Å². The zero-order valence-electron chi connectivity index (χ0n) is 9.67. The second-order valence-corrected chi connectivity index (χ2v) is 5.60. The van der Waals surface area contributed by atoms with Gasteiger partial charge in [-0.15, -0.1) is 11.3 Å². The number of rotatable bonds is 3. The van der Waals surface area contributed by atoms with Crippen LogP contribution in [0, 0.1) is 0 Å². The second-order valence-electron chi connectivity index (χ2n) is 4.68. The van der Waals surface area contributed by atoms with E-state index in [1.165, 1.54) is 30.4 Å². The van der Waals surface area contributed by atoms with Gasteiger partial charge in [-0.25, -0.2) is 0 Å². The first-order valence-electron chi connectivity index (χ1n) is 6.08. The molecule has 1 heterocycles. The quantitative estimate of drug-likeness (QED) is 0.898. The normalized spacial score (nSPS) is 17.7. The lowest BCUT2D eigenvalue weighted by atomic mass is 9.79. The minimum absolute atomic E-state index is 0.0254. The molecule has 1 atom stereocenters. The van der Waals surface area contributed by atoms with E-state index in [9.17, 15) is 0 Å². The van der Waals surface area contributed by atoms with Crippen LogP contribution in [-0.4, -0.2) is 4.98 Å². The van der Waals surface area contributed by atoms with Gasteiger partial charge in [0.1, 0.15) is 0 Å². The van der Waals surface area contributed by atoms with Gasteiger partial charge in [0, 0.05) is 11.1 Å². The van der Waals surface area contributed by atoms with Gasteiger partial charge in [0.15, 0.2) is 0 Å². The van der Waals surface area contributed by atoms with Crippen LogP contribution in [0.4, 0.5) is 0 Å². The Morgan fingerprint density at radius 3 is 2.88 bits per heavy atom. The van der Waals surface area contributed by atoms with Gasteiger partial charge in [0.2, 0.25) is 0 Å². The van der Waals surface area contributed by atoms with Gasteiger partial charge in [-0.3, -0.25) is 4.98 Å². The van der Waals surface area contributed by atoms with Gasteiger partial charge in [0.05, 0.1) is 11.6 Å². The van der Waals surface area contributed by atoms with E-state index in [1.807, 2.05) is 11.7 Å². The maximum Gasteiger partial charge on any atom is 0.0794 e. The highest BCUT2D eigenvalue weighted by atomic mass is 32.1. The average molecular weight is 244 g/mol. The molecule has 0 amide bonds. The predicted molar refractivity (Wildman–Crippen MR) is 71.2 cm³/mol. The van der Waals surface area contributed by atoms with Crippen LogP contribution in [0.1, 0.15) is 47.2 Å². The highest BCUT2D eigenvalue weighted by molar-refractivity contribution is 7.09. The summed E-state index contributed by atoms with van der Waals surface area (Å²) in [7, 11) is 0. The van der Waals surface area contributed by atoms with Crippen LogP contribution in [0.2, 0.25) is 0 Å². The molecule has 0 spiro atoms. The van der Waals surface area contributed by atoms with Crippen molar-refractivity contribution in [1.29, 1.82) is 0 Å². The highest BCUT2D eigenvalue weighted by Gasteiger charge is 2.20. The van der Waals surface area contributed by atoms with Crippen molar-refractivity contribution in [3.63, 3.8) is 0 Å². The zero-order valence-corrected chi connectivity index (χ0v) is 10.5. The molecule has 2 N–H and O–H groups in total. The van der Waals surface area contributed by atoms with Crippen LogP contribution in [0.3, 0.4) is 0 Å². The predicted octanol–water partition coefficient (Wildman–Crippen LogP) is 3.46. The van der Waals surface area contributed by atoms with Crippen molar-refractivity contribution in [2.24, 2.45) is 5.73 Å². The van der Waals surface area contributed by atoms with Crippen LogP contribution >= 0.6 is 11.3 Å². The third-order valence-corrected chi connectivity index (χ3v) is 4.46. The van der Waals surface area contributed by atoms with Gasteiger partial charge in [-0.2, -0.15) is 0 Å². The first kappa shape index (κ1) is 10.9. The van der Waals surface area contributed by atoms with Gasteiger partial charge < -0.3 is 5.73 Å². The van der Waals surface area contributed by atoms with Crippen molar-refractivity contribution < 1.29 is 0 Å². The molecule has 0 bridgehead atoms. The number of thiazole rings is 1. The van der Waals surface area contributed by atoms with Crippen molar-refractivity contribution in [2.75, 3.05) is 0 Å². The van der Waals surface area contributed by atoms with E-state index in [2.05, 4.69) is 29.2 Å². The SMILES string of the molecule is NC(c1cccc(C2CCC2)c1)c1cncs1. The van der Waals surface area contributed by atoms with Crippen molar-refractivity contribution in [2.45, 2.75) is 31.2 Å². The lowest BCUT2D eigenvalue weighted by Crippen LogP contribution is -2.13. The van der Waals surface area contributed by atoms with E-state index in [1.54, 1.807) is 11.3 Å². The van der Waals surface area contributed by atoms with Gasteiger partial charge in [-0.1, -0.05) is 30.7 Å². The molecule has 1 saturated carbocycles. The summed E-state index contributed by atoms with van der Waals surface area (Å²) >= 11 is 1.62. The molecule has 3 rings (SSSR count). The number of nitrogens with zero attached hydrogens (tertiary/aromatic N) is 1. The van der Waals surface area contributed by atoms with E-state index < -0.39 is 0 Å². The number of benzene rings is 1. The summed E-state index contributed by atoms with van der Waals surface area (Å²) in [6.45, 7) is 0. The van der Waals surface area contributed by atoms with Crippen molar-refractivity contribution in [1.82, 2.24) is 4.98 Å². The summed E-state index contributed by atoms with van der Waals surface area (Å²) in [6.07, 6.45) is 5.90. The fraction of sp³-hybridized carbons (Fsp3) is 0.357. The molecule has 17 heavy (non-hydrogen) atoms. The minimum atomic E-state index is -0.0254. The summed E-state index contributed by atoms with van der Waals surface area (Å²) in [6, 6.07) is 8.72. The van der Waals surface area contributed by atoms with Gasteiger partial charge >= 0.3 is 0 Å². The van der Waals surface area contributed by atoms with E-state index in [4.69, 9.17) is 5.73 Å². The molecule has 88 valence electrons. The molecule has 1 aromatic heterocycles. The molecular formula is C14H16N2S. The standard InChI is InChI=1S/C14H16N2S/c15-14(13-8-16-9-17-13)12-6-2-5-11(7-12)10-3-1-4-10/h2,5-10,14H,1,3-4,15H2. The molecule has 1 aliphatic rings. The third-order valence-electron chi connectivity index (χ3n) is 3.60. The maximum atomic E-state index is 6.26. The van der Waals surface area contributed by atoms with E-state index in [-0.39, 0.29) is 6.04 Å². The molecule has 0 saturated heterocycles. The molecule has 0 radical (unpaired) electrons. The number of nitrogens with two attached hydrogens (primary N) is 1. The maximum absolute atomic E-state index is 6.26. The highest BCUT2D eigenvalue weighted by Crippen LogP contribution is 2.37. The largest absolute Gasteiger partial charge is 0.320 e. The Balaban J connectivity index is 1.87. The van der Waals surface area contributed by atoms with Gasteiger partial charge in [-0.05, 0) is 29.9 Å². The Morgan fingerprint density at radius 2 is 2.24 bits per heavy atom. The number of aromatic nitrogens is 1. The first-order chi connectivity index (χ1) is 8.34. The topological polar surface area (TPSA) is 38.9 Å². The Kier molecular flexibility index (Phi) is 2.95. The average Bonchev–Trinajstić information content (AvgIpc) is 2.79. The zero-order chi connectivity index (χ0) is 11.7. The molecule has 1 aromatic carbocycles. The molecule has 0 aliphatic heterocycles. The Labute approximate surface area is 106 Å². The lowest BCUT2D eigenvalue weighted by Gasteiger charge is -2.26. The first-order valence-corrected chi connectivity index (χ1v) is 6.96.